The summed E-state index contributed by atoms with van der Waals surface area (Å²) in [4.78, 5) is 10.4. The van der Waals surface area contributed by atoms with Crippen LogP contribution in [0.5, 0.6) is 0 Å². The Morgan fingerprint density at radius 1 is 1.38 bits per heavy atom. The van der Waals surface area contributed by atoms with E-state index < -0.39 is 21.9 Å². The number of carboxylic acids is 1. The molecule has 0 aromatic heterocycles. The first-order valence-electron chi connectivity index (χ1n) is 3.97. The molecule has 78 valence electrons. The predicted molar refractivity (Wildman–Crippen MR) is 48.9 cm³/mol. The van der Waals surface area contributed by atoms with Crippen molar-refractivity contribution in [1.29, 1.82) is 0 Å². The van der Waals surface area contributed by atoms with E-state index >= 15 is 0 Å². The van der Waals surface area contributed by atoms with E-state index in [0.717, 1.165) is 0 Å². The van der Waals surface area contributed by atoms with Crippen LogP contribution < -0.4 is 4.72 Å². The molecule has 1 unspecified atom stereocenters. The topological polar surface area (TPSA) is 83.5 Å². The van der Waals surface area contributed by atoms with Crippen LogP contribution in [-0.4, -0.2) is 31.3 Å². The van der Waals surface area contributed by atoms with Gasteiger partial charge in [0.25, 0.3) is 0 Å². The summed E-state index contributed by atoms with van der Waals surface area (Å²) in [6.45, 7) is 4.73. The van der Waals surface area contributed by atoms with Crippen LogP contribution in [-0.2, 0) is 14.8 Å². The van der Waals surface area contributed by atoms with Crippen molar-refractivity contribution in [3.8, 4) is 0 Å². The SMILES string of the molecule is CC(C)NS(=O)(=O)CC(C)C(=O)O. The van der Waals surface area contributed by atoms with Gasteiger partial charge in [-0.1, -0.05) is 6.92 Å². The van der Waals surface area contributed by atoms with Crippen LogP contribution in [0, 0.1) is 5.92 Å². The molecule has 0 aromatic carbocycles. The van der Waals surface area contributed by atoms with Gasteiger partial charge in [-0.2, -0.15) is 0 Å². The maximum Gasteiger partial charge on any atom is 0.307 e. The third-order valence-corrected chi connectivity index (χ3v) is 3.08. The average Bonchev–Trinajstić information content (AvgIpc) is 1.81. The Kier molecular flexibility index (Phi) is 4.35. The van der Waals surface area contributed by atoms with E-state index in [1.54, 1.807) is 13.8 Å². The predicted octanol–water partition coefficient (Wildman–Crippen LogP) is 0.0349. The Hall–Kier alpha value is -0.620. The summed E-state index contributed by atoms with van der Waals surface area (Å²) in [5.41, 5.74) is 0. The van der Waals surface area contributed by atoms with Crippen LogP contribution in [0.25, 0.3) is 0 Å². The van der Waals surface area contributed by atoms with Crippen molar-refractivity contribution < 1.29 is 18.3 Å². The van der Waals surface area contributed by atoms with E-state index in [0.29, 0.717) is 0 Å². The van der Waals surface area contributed by atoms with Crippen molar-refractivity contribution in [2.75, 3.05) is 5.75 Å². The highest BCUT2D eigenvalue weighted by Gasteiger charge is 2.21. The lowest BCUT2D eigenvalue weighted by Crippen LogP contribution is -2.35. The number of rotatable bonds is 5. The van der Waals surface area contributed by atoms with Gasteiger partial charge in [-0.3, -0.25) is 4.79 Å². The van der Waals surface area contributed by atoms with E-state index in [1.807, 2.05) is 0 Å². The van der Waals surface area contributed by atoms with Crippen LogP contribution >= 0.6 is 0 Å². The summed E-state index contributed by atoms with van der Waals surface area (Å²) in [6, 6.07) is -0.203. The van der Waals surface area contributed by atoms with Gasteiger partial charge in [0.15, 0.2) is 0 Å². The number of nitrogens with one attached hydrogen (secondary N) is 1. The van der Waals surface area contributed by atoms with Crippen LogP contribution in [0.15, 0.2) is 0 Å². The molecule has 0 aliphatic carbocycles. The van der Waals surface area contributed by atoms with E-state index in [9.17, 15) is 13.2 Å². The maximum absolute atomic E-state index is 11.2. The summed E-state index contributed by atoms with van der Waals surface area (Å²) in [5, 5.41) is 8.49. The lowest BCUT2D eigenvalue weighted by atomic mass is 10.2. The van der Waals surface area contributed by atoms with Crippen LogP contribution in [0.2, 0.25) is 0 Å². The third-order valence-electron chi connectivity index (χ3n) is 1.31. The Morgan fingerprint density at radius 2 is 1.85 bits per heavy atom. The molecular weight excluding hydrogens is 194 g/mol. The molecule has 0 heterocycles. The fourth-order valence-corrected chi connectivity index (χ4v) is 2.42. The van der Waals surface area contributed by atoms with Gasteiger partial charge in [-0.25, -0.2) is 13.1 Å². The summed E-state index contributed by atoms with van der Waals surface area (Å²) in [5.74, 6) is -2.36. The molecule has 0 spiro atoms. The number of hydrogen-bond donors (Lipinski definition) is 2. The minimum absolute atomic E-state index is 0.203. The van der Waals surface area contributed by atoms with Crippen molar-refractivity contribution in [2.45, 2.75) is 26.8 Å². The van der Waals surface area contributed by atoms with Crippen molar-refractivity contribution in [3.63, 3.8) is 0 Å². The van der Waals surface area contributed by atoms with E-state index in [-0.39, 0.29) is 11.8 Å². The monoisotopic (exact) mass is 209 g/mol. The van der Waals surface area contributed by atoms with E-state index in [4.69, 9.17) is 5.11 Å². The molecule has 2 N–H and O–H groups in total. The standard InChI is InChI=1S/C7H15NO4S/c1-5(2)8-13(11,12)4-6(3)7(9)10/h5-6,8H,4H2,1-3H3,(H,9,10). The van der Waals surface area contributed by atoms with Crippen LogP contribution in [0.3, 0.4) is 0 Å². The summed E-state index contributed by atoms with van der Waals surface area (Å²) in [7, 11) is -3.46. The Morgan fingerprint density at radius 3 is 2.15 bits per heavy atom. The molecule has 0 fully saturated rings. The minimum Gasteiger partial charge on any atom is -0.481 e. The molecule has 1 atom stereocenters. The largest absolute Gasteiger partial charge is 0.481 e. The van der Waals surface area contributed by atoms with Crippen molar-refractivity contribution in [3.05, 3.63) is 0 Å². The van der Waals surface area contributed by atoms with Crippen LogP contribution in [0.4, 0.5) is 0 Å². The number of carbonyl (C=O) groups is 1. The van der Waals surface area contributed by atoms with E-state index in [1.165, 1.54) is 6.92 Å². The second-order valence-corrected chi connectivity index (χ2v) is 5.09. The van der Waals surface area contributed by atoms with Crippen molar-refractivity contribution in [1.82, 2.24) is 4.72 Å². The molecule has 0 saturated carbocycles. The van der Waals surface area contributed by atoms with Crippen LogP contribution in [0.1, 0.15) is 20.8 Å². The molecule has 0 saturated heterocycles. The highest BCUT2D eigenvalue weighted by atomic mass is 32.2. The first-order chi connectivity index (χ1) is 5.74. The quantitative estimate of drug-likeness (QED) is 0.669. The zero-order valence-electron chi connectivity index (χ0n) is 7.94. The summed E-state index contributed by atoms with van der Waals surface area (Å²) >= 11 is 0. The van der Waals surface area contributed by atoms with Crippen molar-refractivity contribution >= 4 is 16.0 Å². The Bertz CT molecular complexity index is 270. The summed E-state index contributed by atoms with van der Waals surface area (Å²) < 4.78 is 24.7. The number of sulfonamides is 1. The molecule has 5 nitrogen and oxygen atoms in total. The van der Waals surface area contributed by atoms with Gasteiger partial charge in [0.2, 0.25) is 10.0 Å². The molecule has 0 aliphatic heterocycles. The normalized spacial score (nSPS) is 14.5. The zero-order valence-corrected chi connectivity index (χ0v) is 8.76. The lowest BCUT2D eigenvalue weighted by molar-refractivity contribution is -0.140. The molecule has 0 bridgehead atoms. The first-order valence-corrected chi connectivity index (χ1v) is 5.62. The van der Waals surface area contributed by atoms with Gasteiger partial charge in [-0.05, 0) is 13.8 Å². The van der Waals surface area contributed by atoms with Gasteiger partial charge in [0, 0.05) is 6.04 Å². The third kappa shape index (κ3) is 5.59. The number of hydrogen-bond acceptors (Lipinski definition) is 3. The van der Waals surface area contributed by atoms with Gasteiger partial charge in [0.1, 0.15) is 0 Å². The zero-order chi connectivity index (χ0) is 10.6. The fourth-order valence-electron chi connectivity index (χ4n) is 0.808. The number of aliphatic carboxylic acids is 1. The van der Waals surface area contributed by atoms with Gasteiger partial charge < -0.3 is 5.11 Å². The van der Waals surface area contributed by atoms with Gasteiger partial charge in [-0.15, -0.1) is 0 Å². The fraction of sp³-hybridized carbons (Fsp3) is 0.857. The lowest BCUT2D eigenvalue weighted by Gasteiger charge is -2.11. The molecule has 0 radical (unpaired) electrons. The average molecular weight is 209 g/mol. The molecular formula is C7H15NO4S. The highest BCUT2D eigenvalue weighted by Crippen LogP contribution is 2.00. The van der Waals surface area contributed by atoms with E-state index in [2.05, 4.69) is 4.72 Å². The van der Waals surface area contributed by atoms with Gasteiger partial charge >= 0.3 is 5.97 Å². The molecule has 6 heteroatoms. The number of carboxylic acid groups (broad SMARTS) is 1. The minimum atomic E-state index is -3.46. The smallest absolute Gasteiger partial charge is 0.307 e. The molecule has 13 heavy (non-hydrogen) atoms. The maximum atomic E-state index is 11.2. The molecule has 0 rings (SSSR count). The van der Waals surface area contributed by atoms with Crippen molar-refractivity contribution in [2.24, 2.45) is 5.92 Å². The second-order valence-electron chi connectivity index (χ2n) is 3.29. The molecule has 0 amide bonds. The first kappa shape index (κ1) is 12.4. The van der Waals surface area contributed by atoms with Gasteiger partial charge in [0.05, 0.1) is 11.7 Å². The molecule has 0 aromatic rings. The second kappa shape index (κ2) is 4.57. The Labute approximate surface area is 78.2 Å². The summed E-state index contributed by atoms with van der Waals surface area (Å²) in [6.07, 6.45) is 0. The Balaban J connectivity index is 4.27. The molecule has 0 aliphatic rings. The highest BCUT2D eigenvalue weighted by molar-refractivity contribution is 7.89.